The Morgan fingerprint density at radius 2 is 1.26 bits per heavy atom. The molecule has 0 unspecified atom stereocenters. The molecule has 2 N–H and O–H groups in total. The Hall–Kier alpha value is -4.46. The number of rotatable bonds is 9. The Bertz CT molecular complexity index is 1070. The molecule has 8 heteroatoms. The quantitative estimate of drug-likeness (QED) is 0.375. The van der Waals surface area contributed by atoms with Gasteiger partial charge in [0, 0.05) is 12.0 Å². The predicted octanol–water partition coefficient (Wildman–Crippen LogP) is 2.50. The molecule has 0 radical (unpaired) electrons. The van der Waals surface area contributed by atoms with Crippen molar-refractivity contribution < 1.29 is 28.7 Å². The Morgan fingerprint density at radius 3 is 1.82 bits per heavy atom. The van der Waals surface area contributed by atoms with Crippen molar-refractivity contribution in [3.63, 3.8) is 0 Å². The number of methoxy groups -OCH3 is 1. The highest BCUT2D eigenvalue weighted by molar-refractivity contribution is 5.99. The van der Waals surface area contributed by atoms with Crippen LogP contribution in [0.4, 0.5) is 0 Å². The number of benzene rings is 3. The molecule has 0 saturated heterocycles. The van der Waals surface area contributed by atoms with Crippen LogP contribution in [0.5, 0.6) is 0 Å². The monoisotopic (exact) mass is 460 g/mol. The zero-order valence-electron chi connectivity index (χ0n) is 18.5. The van der Waals surface area contributed by atoms with Crippen LogP contribution in [0.1, 0.15) is 26.3 Å². The highest BCUT2D eigenvalue weighted by Crippen LogP contribution is 2.08. The molecule has 0 aliphatic heterocycles. The lowest BCUT2D eigenvalue weighted by Gasteiger charge is -2.22. The summed E-state index contributed by atoms with van der Waals surface area (Å²) in [7, 11) is 1.20. The molecule has 3 aromatic carbocycles. The number of esters is 2. The Labute approximate surface area is 196 Å². The summed E-state index contributed by atoms with van der Waals surface area (Å²) in [6, 6.07) is 24.2. The fourth-order valence-electron chi connectivity index (χ4n) is 3.12. The van der Waals surface area contributed by atoms with Crippen molar-refractivity contribution in [1.29, 1.82) is 0 Å². The number of hydrogen-bond donors (Lipinski definition) is 2. The average Bonchev–Trinajstić information content (AvgIpc) is 2.88. The molecule has 0 heterocycles. The van der Waals surface area contributed by atoms with Gasteiger partial charge in [-0.2, -0.15) is 0 Å². The van der Waals surface area contributed by atoms with Gasteiger partial charge in [-0.15, -0.1) is 0 Å². The van der Waals surface area contributed by atoms with E-state index in [9.17, 15) is 19.2 Å². The molecule has 34 heavy (non-hydrogen) atoms. The van der Waals surface area contributed by atoms with Gasteiger partial charge < -0.3 is 20.1 Å². The molecule has 0 aliphatic carbocycles. The second kappa shape index (κ2) is 12.0. The first-order valence-corrected chi connectivity index (χ1v) is 10.5. The topological polar surface area (TPSA) is 111 Å². The zero-order valence-corrected chi connectivity index (χ0v) is 18.5. The van der Waals surface area contributed by atoms with Gasteiger partial charge >= 0.3 is 11.9 Å². The smallest absolute Gasteiger partial charge is 0.340 e. The number of carbonyl (C=O) groups is 4. The van der Waals surface area contributed by atoms with E-state index < -0.39 is 36.0 Å². The summed E-state index contributed by atoms with van der Waals surface area (Å²) in [6.45, 7) is 0. The van der Waals surface area contributed by atoms with E-state index in [1.165, 1.54) is 19.2 Å². The molecule has 0 saturated carbocycles. The maximum absolute atomic E-state index is 13.1. The van der Waals surface area contributed by atoms with Gasteiger partial charge in [0.2, 0.25) is 0 Å². The third-order valence-corrected chi connectivity index (χ3v) is 4.86. The molecular formula is C26H24N2O6. The summed E-state index contributed by atoms with van der Waals surface area (Å²) in [4.78, 5) is 50.7. The minimum atomic E-state index is -1.69. The van der Waals surface area contributed by atoms with Crippen LogP contribution in [0.25, 0.3) is 0 Å². The number of nitrogens with one attached hydrogen (secondary N) is 2. The van der Waals surface area contributed by atoms with Gasteiger partial charge in [-0.3, -0.25) is 9.59 Å². The van der Waals surface area contributed by atoms with E-state index in [2.05, 4.69) is 10.6 Å². The largest absolute Gasteiger partial charge is 0.467 e. The Morgan fingerprint density at radius 1 is 0.735 bits per heavy atom. The lowest BCUT2D eigenvalue weighted by Crippen LogP contribution is -2.54. The van der Waals surface area contributed by atoms with Gasteiger partial charge in [0.05, 0.1) is 12.7 Å². The van der Waals surface area contributed by atoms with E-state index in [0.717, 1.165) is 5.56 Å². The molecule has 3 rings (SSSR count). The minimum Gasteiger partial charge on any atom is -0.467 e. The minimum absolute atomic E-state index is 0.144. The van der Waals surface area contributed by atoms with Gasteiger partial charge in [0.15, 0.2) is 0 Å². The highest BCUT2D eigenvalue weighted by Gasteiger charge is 2.30. The van der Waals surface area contributed by atoms with Crippen molar-refractivity contribution in [3.8, 4) is 0 Å². The number of hydrogen-bond acceptors (Lipinski definition) is 6. The van der Waals surface area contributed by atoms with E-state index in [4.69, 9.17) is 9.47 Å². The normalized spacial score (nSPS) is 12.0. The van der Waals surface area contributed by atoms with Gasteiger partial charge in [-0.05, 0) is 29.8 Å². The third-order valence-electron chi connectivity index (χ3n) is 4.86. The van der Waals surface area contributed by atoms with Crippen molar-refractivity contribution >= 4 is 23.8 Å². The van der Waals surface area contributed by atoms with Crippen molar-refractivity contribution in [3.05, 3.63) is 108 Å². The maximum Gasteiger partial charge on any atom is 0.340 e. The van der Waals surface area contributed by atoms with Crippen molar-refractivity contribution in [2.45, 2.75) is 18.7 Å². The molecular weight excluding hydrogens is 436 g/mol. The van der Waals surface area contributed by atoms with E-state index in [-0.39, 0.29) is 17.5 Å². The molecule has 0 aliphatic rings. The molecule has 3 aromatic rings. The fourth-order valence-corrected chi connectivity index (χ4v) is 3.12. The lowest BCUT2D eigenvalue weighted by molar-refractivity contribution is -0.146. The van der Waals surface area contributed by atoms with Crippen LogP contribution in [0.15, 0.2) is 91.0 Å². The standard InChI is InChI=1S/C26H24N2O6/c1-33-26(32)21(17-18-11-5-2-6-12-18)27-23(30)24(28-22(29)19-13-7-3-8-14-19)34-25(31)20-15-9-4-10-16-20/h2-16,21,24H,17H2,1H3,(H,27,30)(H,28,29)/t21-,24-/m0/s1. The van der Waals surface area contributed by atoms with Crippen molar-refractivity contribution in [2.75, 3.05) is 7.11 Å². The van der Waals surface area contributed by atoms with Crippen LogP contribution in [0.2, 0.25) is 0 Å². The number of ether oxygens (including phenoxy) is 2. The van der Waals surface area contributed by atoms with Crippen LogP contribution in [-0.4, -0.2) is 43.1 Å². The van der Waals surface area contributed by atoms with Crippen LogP contribution < -0.4 is 10.6 Å². The summed E-state index contributed by atoms with van der Waals surface area (Å²) < 4.78 is 10.1. The molecule has 2 amide bonds. The Kier molecular flexibility index (Phi) is 8.51. The number of carbonyl (C=O) groups excluding carboxylic acids is 4. The summed E-state index contributed by atoms with van der Waals surface area (Å²) >= 11 is 0. The molecule has 0 bridgehead atoms. The number of amides is 2. The summed E-state index contributed by atoms with van der Waals surface area (Å²) in [5, 5.41) is 4.94. The van der Waals surface area contributed by atoms with Crippen molar-refractivity contribution in [2.24, 2.45) is 0 Å². The van der Waals surface area contributed by atoms with E-state index in [1.807, 2.05) is 6.07 Å². The van der Waals surface area contributed by atoms with E-state index in [1.54, 1.807) is 72.8 Å². The van der Waals surface area contributed by atoms with E-state index in [0.29, 0.717) is 0 Å². The highest BCUT2D eigenvalue weighted by atomic mass is 16.6. The fraction of sp³-hybridized carbons (Fsp3) is 0.154. The first-order chi connectivity index (χ1) is 16.5. The second-order valence-electron chi connectivity index (χ2n) is 7.26. The first kappa shape index (κ1) is 24.2. The van der Waals surface area contributed by atoms with Gasteiger partial charge in [0.1, 0.15) is 6.04 Å². The van der Waals surface area contributed by atoms with Gasteiger partial charge in [-0.25, -0.2) is 9.59 Å². The van der Waals surface area contributed by atoms with E-state index >= 15 is 0 Å². The predicted molar refractivity (Wildman–Crippen MR) is 124 cm³/mol. The Balaban J connectivity index is 1.80. The first-order valence-electron chi connectivity index (χ1n) is 10.5. The summed E-state index contributed by atoms with van der Waals surface area (Å²) in [5.74, 6) is -2.99. The van der Waals surface area contributed by atoms with Gasteiger partial charge in [-0.1, -0.05) is 66.7 Å². The molecule has 0 aromatic heterocycles. The second-order valence-corrected chi connectivity index (χ2v) is 7.26. The lowest BCUT2D eigenvalue weighted by atomic mass is 10.1. The molecule has 0 spiro atoms. The molecule has 8 nitrogen and oxygen atoms in total. The zero-order chi connectivity index (χ0) is 24.3. The average molecular weight is 460 g/mol. The van der Waals surface area contributed by atoms with Crippen LogP contribution in [0, 0.1) is 0 Å². The van der Waals surface area contributed by atoms with Crippen LogP contribution in [-0.2, 0) is 25.5 Å². The summed E-state index contributed by atoms with van der Waals surface area (Å²) in [5.41, 5.74) is 1.25. The SMILES string of the molecule is COC(=O)[C@H](Cc1ccccc1)NC(=O)[C@@H](NC(=O)c1ccccc1)OC(=O)c1ccccc1. The van der Waals surface area contributed by atoms with Crippen LogP contribution in [0.3, 0.4) is 0 Å². The van der Waals surface area contributed by atoms with Gasteiger partial charge in [0.25, 0.3) is 18.0 Å². The maximum atomic E-state index is 13.1. The van der Waals surface area contributed by atoms with Crippen molar-refractivity contribution in [1.82, 2.24) is 10.6 Å². The third kappa shape index (κ3) is 6.77. The molecule has 0 fully saturated rings. The van der Waals surface area contributed by atoms with Crippen LogP contribution >= 0.6 is 0 Å². The summed E-state index contributed by atoms with van der Waals surface area (Å²) in [6.07, 6.45) is -1.55. The molecule has 174 valence electrons. The molecule has 2 atom stereocenters.